The summed E-state index contributed by atoms with van der Waals surface area (Å²) < 4.78 is 10.5. The van der Waals surface area contributed by atoms with Crippen LogP contribution in [-0.4, -0.2) is 39.5 Å². The zero-order valence-electron chi connectivity index (χ0n) is 9.14. The number of rotatable bonds is 9. The smallest absolute Gasteiger partial charge is 0.0671 e. The van der Waals surface area contributed by atoms with Crippen molar-refractivity contribution in [1.82, 2.24) is 5.32 Å². The van der Waals surface area contributed by atoms with Crippen LogP contribution < -0.4 is 5.32 Å². The molecule has 0 aromatic rings. The van der Waals surface area contributed by atoms with E-state index in [1.54, 1.807) is 7.11 Å². The maximum Gasteiger partial charge on any atom is 0.0671 e. The van der Waals surface area contributed by atoms with Crippen molar-refractivity contribution >= 4 is 0 Å². The number of nitrogens with one attached hydrogen (secondary N) is 1. The second-order valence-electron chi connectivity index (χ2n) is 3.23. The SMILES string of the molecule is CCCNCC(C)OCCCOC. The van der Waals surface area contributed by atoms with Crippen molar-refractivity contribution in [3.05, 3.63) is 0 Å². The van der Waals surface area contributed by atoms with E-state index in [1.165, 1.54) is 6.42 Å². The first kappa shape index (κ1) is 12.9. The van der Waals surface area contributed by atoms with Gasteiger partial charge in [0.2, 0.25) is 0 Å². The average Bonchev–Trinajstić information content (AvgIpc) is 2.13. The van der Waals surface area contributed by atoms with E-state index >= 15 is 0 Å². The molecule has 1 atom stereocenters. The zero-order chi connectivity index (χ0) is 9.94. The van der Waals surface area contributed by atoms with Crippen molar-refractivity contribution in [3.63, 3.8) is 0 Å². The molecule has 1 unspecified atom stereocenters. The standard InChI is InChI=1S/C10H23NO2/c1-4-6-11-9-10(2)13-8-5-7-12-3/h10-11H,4-9H2,1-3H3. The lowest BCUT2D eigenvalue weighted by atomic mass is 10.3. The summed E-state index contributed by atoms with van der Waals surface area (Å²) in [5.41, 5.74) is 0. The maximum atomic E-state index is 5.55. The van der Waals surface area contributed by atoms with Gasteiger partial charge in [-0.2, -0.15) is 0 Å². The van der Waals surface area contributed by atoms with Gasteiger partial charge in [0, 0.05) is 26.9 Å². The van der Waals surface area contributed by atoms with Gasteiger partial charge in [-0.05, 0) is 26.3 Å². The zero-order valence-corrected chi connectivity index (χ0v) is 9.14. The van der Waals surface area contributed by atoms with Gasteiger partial charge in [-0.3, -0.25) is 0 Å². The molecule has 3 heteroatoms. The van der Waals surface area contributed by atoms with Crippen LogP contribution in [0.1, 0.15) is 26.7 Å². The largest absolute Gasteiger partial charge is 0.385 e. The van der Waals surface area contributed by atoms with Gasteiger partial charge in [0.25, 0.3) is 0 Å². The Hall–Kier alpha value is -0.120. The van der Waals surface area contributed by atoms with E-state index in [0.29, 0.717) is 6.10 Å². The Labute approximate surface area is 81.8 Å². The van der Waals surface area contributed by atoms with Gasteiger partial charge in [0.15, 0.2) is 0 Å². The van der Waals surface area contributed by atoms with Crippen molar-refractivity contribution in [2.24, 2.45) is 0 Å². The highest BCUT2D eigenvalue weighted by Gasteiger charge is 1.99. The molecule has 0 saturated heterocycles. The molecule has 0 amide bonds. The number of hydrogen-bond donors (Lipinski definition) is 1. The Bertz CT molecular complexity index is 98.9. The van der Waals surface area contributed by atoms with E-state index in [0.717, 1.165) is 32.7 Å². The summed E-state index contributed by atoms with van der Waals surface area (Å²) in [6.45, 7) is 7.86. The molecule has 0 aliphatic carbocycles. The van der Waals surface area contributed by atoms with Crippen molar-refractivity contribution in [3.8, 4) is 0 Å². The van der Waals surface area contributed by atoms with Crippen LogP contribution in [0.4, 0.5) is 0 Å². The Morgan fingerprint density at radius 1 is 1.31 bits per heavy atom. The fourth-order valence-electron chi connectivity index (χ4n) is 1.03. The minimum Gasteiger partial charge on any atom is -0.385 e. The van der Waals surface area contributed by atoms with Gasteiger partial charge < -0.3 is 14.8 Å². The van der Waals surface area contributed by atoms with Crippen molar-refractivity contribution in [2.75, 3.05) is 33.4 Å². The van der Waals surface area contributed by atoms with Crippen molar-refractivity contribution in [2.45, 2.75) is 32.8 Å². The van der Waals surface area contributed by atoms with Crippen molar-refractivity contribution in [1.29, 1.82) is 0 Å². The summed E-state index contributed by atoms with van der Waals surface area (Å²) in [5.74, 6) is 0. The predicted octanol–water partition coefficient (Wildman–Crippen LogP) is 1.43. The van der Waals surface area contributed by atoms with Gasteiger partial charge in [-0.15, -0.1) is 0 Å². The first-order valence-corrected chi connectivity index (χ1v) is 5.12. The van der Waals surface area contributed by atoms with Crippen LogP contribution in [0.2, 0.25) is 0 Å². The Balaban J connectivity index is 3.05. The molecule has 0 radical (unpaired) electrons. The van der Waals surface area contributed by atoms with Crippen LogP contribution in [0.15, 0.2) is 0 Å². The second kappa shape index (κ2) is 9.96. The molecule has 0 aliphatic heterocycles. The lowest BCUT2D eigenvalue weighted by Gasteiger charge is -2.13. The fourth-order valence-corrected chi connectivity index (χ4v) is 1.03. The maximum absolute atomic E-state index is 5.55. The molecule has 0 saturated carbocycles. The molecule has 0 bridgehead atoms. The third-order valence-electron chi connectivity index (χ3n) is 1.75. The van der Waals surface area contributed by atoms with E-state index in [-0.39, 0.29) is 0 Å². The van der Waals surface area contributed by atoms with E-state index in [9.17, 15) is 0 Å². The monoisotopic (exact) mass is 189 g/mol. The molecule has 0 rings (SSSR count). The van der Waals surface area contributed by atoms with Gasteiger partial charge >= 0.3 is 0 Å². The molecular formula is C10H23NO2. The highest BCUT2D eigenvalue weighted by Crippen LogP contribution is 1.91. The molecule has 0 spiro atoms. The second-order valence-corrected chi connectivity index (χ2v) is 3.23. The number of ether oxygens (including phenoxy) is 2. The molecule has 0 aromatic carbocycles. The molecule has 0 aromatic heterocycles. The van der Waals surface area contributed by atoms with Crippen LogP contribution in [0.3, 0.4) is 0 Å². The molecule has 0 heterocycles. The first-order valence-electron chi connectivity index (χ1n) is 5.12. The third kappa shape index (κ3) is 9.80. The first-order chi connectivity index (χ1) is 6.31. The summed E-state index contributed by atoms with van der Waals surface area (Å²) in [4.78, 5) is 0. The van der Waals surface area contributed by atoms with Crippen LogP contribution in [0, 0.1) is 0 Å². The van der Waals surface area contributed by atoms with Crippen molar-refractivity contribution < 1.29 is 9.47 Å². The molecule has 1 N–H and O–H groups in total. The van der Waals surface area contributed by atoms with Gasteiger partial charge in [-0.1, -0.05) is 6.92 Å². The highest BCUT2D eigenvalue weighted by atomic mass is 16.5. The molecule has 13 heavy (non-hydrogen) atoms. The average molecular weight is 189 g/mol. The Morgan fingerprint density at radius 3 is 2.69 bits per heavy atom. The minimum atomic E-state index is 0.309. The molecule has 3 nitrogen and oxygen atoms in total. The minimum absolute atomic E-state index is 0.309. The predicted molar refractivity (Wildman–Crippen MR) is 55.1 cm³/mol. The normalized spacial score (nSPS) is 13.2. The van der Waals surface area contributed by atoms with Crippen LogP contribution in [0.25, 0.3) is 0 Å². The van der Waals surface area contributed by atoms with Gasteiger partial charge in [0.1, 0.15) is 0 Å². The molecular weight excluding hydrogens is 166 g/mol. The summed E-state index contributed by atoms with van der Waals surface area (Å²) in [5, 5.41) is 3.32. The van der Waals surface area contributed by atoms with E-state index in [1.807, 2.05) is 0 Å². The van der Waals surface area contributed by atoms with Crippen LogP contribution >= 0.6 is 0 Å². The number of hydrogen-bond acceptors (Lipinski definition) is 3. The quantitative estimate of drug-likeness (QED) is 0.557. The molecule has 0 fully saturated rings. The lowest BCUT2D eigenvalue weighted by Crippen LogP contribution is -2.27. The summed E-state index contributed by atoms with van der Waals surface area (Å²) in [7, 11) is 1.71. The topological polar surface area (TPSA) is 30.5 Å². The highest BCUT2D eigenvalue weighted by molar-refractivity contribution is 4.54. The van der Waals surface area contributed by atoms with E-state index in [4.69, 9.17) is 9.47 Å². The lowest BCUT2D eigenvalue weighted by molar-refractivity contribution is 0.0506. The molecule has 0 aliphatic rings. The van der Waals surface area contributed by atoms with Crippen LogP contribution in [-0.2, 0) is 9.47 Å². The van der Waals surface area contributed by atoms with E-state index < -0.39 is 0 Å². The summed E-state index contributed by atoms with van der Waals surface area (Å²) >= 11 is 0. The van der Waals surface area contributed by atoms with Gasteiger partial charge in [0.05, 0.1) is 6.10 Å². The fraction of sp³-hybridized carbons (Fsp3) is 1.00. The number of methoxy groups -OCH3 is 1. The summed E-state index contributed by atoms with van der Waals surface area (Å²) in [6, 6.07) is 0. The van der Waals surface area contributed by atoms with Gasteiger partial charge in [-0.25, -0.2) is 0 Å². The molecule has 80 valence electrons. The van der Waals surface area contributed by atoms with E-state index in [2.05, 4.69) is 19.2 Å². The summed E-state index contributed by atoms with van der Waals surface area (Å²) in [6.07, 6.45) is 2.47. The Morgan fingerprint density at radius 2 is 2.08 bits per heavy atom. The Kier molecular flexibility index (Phi) is 9.87. The third-order valence-corrected chi connectivity index (χ3v) is 1.75. The van der Waals surface area contributed by atoms with Crippen LogP contribution in [0.5, 0.6) is 0 Å².